The molecule has 1 heterocycles. The molecule has 3 nitrogen and oxygen atoms in total. The molecular formula is C13H12BrFN2O. The molecule has 0 radical (unpaired) electrons. The molecule has 94 valence electrons. The molecule has 5 heteroatoms. The monoisotopic (exact) mass is 310 g/mol. The SMILES string of the molecule is CNc1ccnc(COc2ccc(F)cc2Br)c1. The van der Waals surface area contributed by atoms with Crippen molar-refractivity contribution in [2.24, 2.45) is 0 Å². The fraction of sp³-hybridized carbons (Fsp3) is 0.154. The summed E-state index contributed by atoms with van der Waals surface area (Å²) >= 11 is 3.25. The van der Waals surface area contributed by atoms with Crippen molar-refractivity contribution in [1.82, 2.24) is 4.98 Å². The molecule has 0 aliphatic carbocycles. The van der Waals surface area contributed by atoms with Crippen LogP contribution in [0.5, 0.6) is 5.75 Å². The largest absolute Gasteiger partial charge is 0.486 e. The van der Waals surface area contributed by atoms with Crippen LogP contribution in [0.3, 0.4) is 0 Å². The molecule has 0 unspecified atom stereocenters. The Hall–Kier alpha value is -1.62. The average Bonchev–Trinajstić information content (AvgIpc) is 2.38. The molecule has 0 spiro atoms. The highest BCUT2D eigenvalue weighted by atomic mass is 79.9. The summed E-state index contributed by atoms with van der Waals surface area (Å²) in [6.45, 7) is 0.333. The number of benzene rings is 1. The molecular weight excluding hydrogens is 299 g/mol. The predicted octanol–water partition coefficient (Wildman–Crippen LogP) is 3.60. The van der Waals surface area contributed by atoms with Crippen LogP contribution in [-0.4, -0.2) is 12.0 Å². The molecule has 0 atom stereocenters. The van der Waals surface area contributed by atoms with Gasteiger partial charge in [0.05, 0.1) is 10.2 Å². The van der Waals surface area contributed by atoms with Gasteiger partial charge in [0.25, 0.3) is 0 Å². The van der Waals surface area contributed by atoms with E-state index in [1.807, 2.05) is 19.2 Å². The number of rotatable bonds is 4. The van der Waals surface area contributed by atoms with Crippen LogP contribution in [0.2, 0.25) is 0 Å². The zero-order chi connectivity index (χ0) is 13.0. The van der Waals surface area contributed by atoms with Gasteiger partial charge in [-0.25, -0.2) is 4.39 Å². The van der Waals surface area contributed by atoms with Gasteiger partial charge in [0.2, 0.25) is 0 Å². The molecule has 0 saturated heterocycles. The highest BCUT2D eigenvalue weighted by Crippen LogP contribution is 2.26. The highest BCUT2D eigenvalue weighted by molar-refractivity contribution is 9.10. The lowest BCUT2D eigenvalue weighted by molar-refractivity contribution is 0.299. The van der Waals surface area contributed by atoms with Crippen molar-refractivity contribution < 1.29 is 9.13 Å². The van der Waals surface area contributed by atoms with Crippen molar-refractivity contribution in [2.75, 3.05) is 12.4 Å². The van der Waals surface area contributed by atoms with Crippen LogP contribution in [-0.2, 0) is 6.61 Å². The van der Waals surface area contributed by atoms with Crippen molar-refractivity contribution in [3.63, 3.8) is 0 Å². The predicted molar refractivity (Wildman–Crippen MR) is 72.2 cm³/mol. The van der Waals surface area contributed by atoms with Crippen LogP contribution in [0, 0.1) is 5.82 Å². The third-order valence-electron chi connectivity index (χ3n) is 2.37. The molecule has 0 bridgehead atoms. The summed E-state index contributed by atoms with van der Waals surface area (Å²) in [5.74, 6) is 0.289. The van der Waals surface area contributed by atoms with Gasteiger partial charge in [0.15, 0.2) is 0 Å². The minimum atomic E-state index is -0.301. The van der Waals surface area contributed by atoms with Gasteiger partial charge < -0.3 is 10.1 Å². The Labute approximate surface area is 113 Å². The second kappa shape index (κ2) is 5.82. The molecule has 0 aliphatic heterocycles. The number of anilines is 1. The molecule has 1 aromatic heterocycles. The zero-order valence-electron chi connectivity index (χ0n) is 9.78. The van der Waals surface area contributed by atoms with Crippen molar-refractivity contribution in [1.29, 1.82) is 0 Å². The minimum Gasteiger partial charge on any atom is -0.486 e. The van der Waals surface area contributed by atoms with Crippen LogP contribution in [0.4, 0.5) is 10.1 Å². The lowest BCUT2D eigenvalue weighted by Crippen LogP contribution is -2.00. The van der Waals surface area contributed by atoms with E-state index in [0.29, 0.717) is 16.8 Å². The van der Waals surface area contributed by atoms with Crippen LogP contribution in [0.25, 0.3) is 0 Å². The minimum absolute atomic E-state index is 0.301. The van der Waals surface area contributed by atoms with Crippen LogP contribution in [0.15, 0.2) is 41.0 Å². The van der Waals surface area contributed by atoms with Crippen molar-refractivity contribution >= 4 is 21.6 Å². The highest BCUT2D eigenvalue weighted by Gasteiger charge is 2.04. The maximum absolute atomic E-state index is 12.9. The first-order valence-corrected chi connectivity index (χ1v) is 6.19. The first-order chi connectivity index (χ1) is 8.69. The van der Waals surface area contributed by atoms with Gasteiger partial charge in [-0.05, 0) is 46.3 Å². The number of hydrogen-bond acceptors (Lipinski definition) is 3. The molecule has 1 aromatic carbocycles. The van der Waals surface area contributed by atoms with E-state index in [0.717, 1.165) is 11.4 Å². The van der Waals surface area contributed by atoms with E-state index >= 15 is 0 Å². The number of nitrogens with one attached hydrogen (secondary N) is 1. The van der Waals surface area contributed by atoms with E-state index in [4.69, 9.17) is 4.74 Å². The maximum atomic E-state index is 12.9. The fourth-order valence-electron chi connectivity index (χ4n) is 1.46. The van der Waals surface area contributed by atoms with E-state index in [2.05, 4.69) is 26.2 Å². The van der Waals surface area contributed by atoms with E-state index in [9.17, 15) is 4.39 Å². The van der Waals surface area contributed by atoms with Crippen LogP contribution in [0.1, 0.15) is 5.69 Å². The van der Waals surface area contributed by atoms with Gasteiger partial charge in [-0.15, -0.1) is 0 Å². The quantitative estimate of drug-likeness (QED) is 0.937. The Balaban J connectivity index is 2.06. The molecule has 0 fully saturated rings. The summed E-state index contributed by atoms with van der Waals surface area (Å²) in [5, 5.41) is 3.03. The first kappa shape index (κ1) is 12.8. The molecule has 0 saturated carbocycles. The van der Waals surface area contributed by atoms with Crippen molar-refractivity contribution in [3.05, 3.63) is 52.5 Å². The molecule has 2 aromatic rings. The second-order valence-electron chi connectivity index (χ2n) is 3.65. The van der Waals surface area contributed by atoms with E-state index in [1.54, 1.807) is 12.3 Å². The zero-order valence-corrected chi connectivity index (χ0v) is 11.4. The molecule has 2 rings (SSSR count). The van der Waals surface area contributed by atoms with E-state index in [1.165, 1.54) is 12.1 Å². The number of nitrogens with zero attached hydrogens (tertiary/aromatic N) is 1. The Morgan fingerprint density at radius 3 is 2.89 bits per heavy atom. The molecule has 18 heavy (non-hydrogen) atoms. The van der Waals surface area contributed by atoms with E-state index < -0.39 is 0 Å². The van der Waals surface area contributed by atoms with Crippen LogP contribution < -0.4 is 10.1 Å². The Bertz CT molecular complexity index is 548. The van der Waals surface area contributed by atoms with Crippen LogP contribution >= 0.6 is 15.9 Å². The maximum Gasteiger partial charge on any atom is 0.134 e. The number of aromatic nitrogens is 1. The van der Waals surface area contributed by atoms with Gasteiger partial charge in [-0.2, -0.15) is 0 Å². The Morgan fingerprint density at radius 1 is 1.33 bits per heavy atom. The summed E-state index contributed by atoms with van der Waals surface area (Å²) in [4.78, 5) is 4.20. The lowest BCUT2D eigenvalue weighted by Gasteiger charge is -2.08. The summed E-state index contributed by atoms with van der Waals surface area (Å²) in [7, 11) is 1.84. The topological polar surface area (TPSA) is 34.2 Å². The third kappa shape index (κ3) is 3.20. The summed E-state index contributed by atoms with van der Waals surface area (Å²) in [6, 6.07) is 8.08. The van der Waals surface area contributed by atoms with Gasteiger partial charge in [-0.1, -0.05) is 0 Å². The first-order valence-electron chi connectivity index (χ1n) is 5.39. The molecule has 1 N–H and O–H groups in total. The van der Waals surface area contributed by atoms with Crippen molar-refractivity contribution in [3.8, 4) is 5.75 Å². The summed E-state index contributed by atoms with van der Waals surface area (Å²) in [6.07, 6.45) is 1.71. The molecule has 0 aliphatic rings. The van der Waals surface area contributed by atoms with Crippen molar-refractivity contribution in [2.45, 2.75) is 6.61 Å². The fourth-order valence-corrected chi connectivity index (χ4v) is 1.92. The van der Waals surface area contributed by atoms with Gasteiger partial charge in [0.1, 0.15) is 18.2 Å². The Morgan fingerprint density at radius 2 is 2.17 bits per heavy atom. The average molecular weight is 311 g/mol. The third-order valence-corrected chi connectivity index (χ3v) is 2.99. The van der Waals surface area contributed by atoms with Gasteiger partial charge >= 0.3 is 0 Å². The van der Waals surface area contributed by atoms with E-state index in [-0.39, 0.29) is 5.82 Å². The Kier molecular flexibility index (Phi) is 4.15. The lowest BCUT2D eigenvalue weighted by atomic mass is 10.3. The van der Waals surface area contributed by atoms with Gasteiger partial charge in [-0.3, -0.25) is 4.98 Å². The molecule has 0 amide bonds. The smallest absolute Gasteiger partial charge is 0.134 e. The number of halogens is 2. The standard InChI is InChI=1S/C13H12BrFN2O/c1-16-10-4-5-17-11(7-10)8-18-13-3-2-9(15)6-12(13)14/h2-7H,8H2,1H3,(H,16,17). The number of pyridine rings is 1. The number of hydrogen-bond donors (Lipinski definition) is 1. The normalized spacial score (nSPS) is 10.2. The van der Waals surface area contributed by atoms with Gasteiger partial charge in [0, 0.05) is 18.9 Å². The second-order valence-corrected chi connectivity index (χ2v) is 4.50. The number of ether oxygens (including phenoxy) is 1. The summed E-state index contributed by atoms with van der Waals surface area (Å²) in [5.41, 5.74) is 1.78. The summed E-state index contributed by atoms with van der Waals surface area (Å²) < 4.78 is 19.1.